The minimum Gasteiger partial charge on any atom is -0.361 e. The van der Waals surface area contributed by atoms with E-state index in [1.807, 2.05) is 6.07 Å². The number of nitrogens with one attached hydrogen (secondary N) is 1. The van der Waals surface area contributed by atoms with Gasteiger partial charge >= 0.3 is 0 Å². The monoisotopic (exact) mass is 322 g/mol. The fourth-order valence-corrected chi connectivity index (χ4v) is 2.79. The first-order valence-electron chi connectivity index (χ1n) is 8.50. The van der Waals surface area contributed by atoms with Crippen LogP contribution in [0.2, 0.25) is 0 Å². The highest BCUT2D eigenvalue weighted by atomic mass is 16.7. The number of nitrogens with zero attached hydrogens (tertiary/aromatic N) is 1. The molecule has 0 aromatic carbocycles. The van der Waals surface area contributed by atoms with Crippen LogP contribution in [0, 0.1) is 0 Å². The molecule has 2 fully saturated rings. The highest BCUT2D eigenvalue weighted by Gasteiger charge is 2.29. The highest BCUT2D eigenvalue weighted by Crippen LogP contribution is 2.25. The Morgan fingerprint density at radius 1 is 1.43 bits per heavy atom. The second kappa shape index (κ2) is 7.11. The minimum atomic E-state index is -0.277. The molecule has 3 rings (SSSR count). The SMILES string of the molecule is CC(C)(COC1CCCCO1)c1cc(CC(=O)[C@@H]2CCN2)on1. The standard InChI is InChI=1S/C17H26N2O4/c1-17(2,11-22-16-5-3-4-8-21-16)15-10-12(23-19-15)9-14(20)13-6-7-18-13/h10,13,16,18H,3-9,11H2,1-2H3/t13-,16?/m0/s1. The molecule has 1 N–H and O–H groups in total. The van der Waals surface area contributed by atoms with E-state index < -0.39 is 0 Å². The Kier molecular flexibility index (Phi) is 5.14. The van der Waals surface area contributed by atoms with Crippen molar-refractivity contribution in [3.63, 3.8) is 0 Å². The average Bonchev–Trinajstić information content (AvgIpc) is 2.94. The summed E-state index contributed by atoms with van der Waals surface area (Å²) in [6, 6.07) is 1.87. The largest absolute Gasteiger partial charge is 0.361 e. The summed E-state index contributed by atoms with van der Waals surface area (Å²) in [7, 11) is 0. The summed E-state index contributed by atoms with van der Waals surface area (Å²) in [4.78, 5) is 12.0. The van der Waals surface area contributed by atoms with Crippen LogP contribution in [0.5, 0.6) is 0 Å². The van der Waals surface area contributed by atoms with Crippen molar-refractivity contribution >= 4 is 5.78 Å². The van der Waals surface area contributed by atoms with Gasteiger partial charge in [-0.05, 0) is 32.2 Å². The maximum atomic E-state index is 12.0. The van der Waals surface area contributed by atoms with E-state index in [1.165, 1.54) is 0 Å². The quantitative estimate of drug-likeness (QED) is 0.827. The molecule has 2 saturated heterocycles. The van der Waals surface area contributed by atoms with E-state index in [9.17, 15) is 4.79 Å². The summed E-state index contributed by atoms with van der Waals surface area (Å²) >= 11 is 0. The molecule has 0 radical (unpaired) electrons. The molecule has 0 amide bonds. The zero-order valence-corrected chi connectivity index (χ0v) is 14.0. The van der Waals surface area contributed by atoms with Gasteiger partial charge in [0.1, 0.15) is 5.76 Å². The van der Waals surface area contributed by atoms with E-state index in [2.05, 4.69) is 24.3 Å². The van der Waals surface area contributed by atoms with Crippen LogP contribution in [-0.4, -0.2) is 43.0 Å². The number of ether oxygens (including phenoxy) is 2. The summed E-state index contributed by atoms with van der Waals surface area (Å²) < 4.78 is 16.8. The lowest BCUT2D eigenvalue weighted by Gasteiger charge is -2.28. The molecule has 2 aliphatic heterocycles. The Labute approximate surface area is 136 Å². The number of aromatic nitrogens is 1. The number of ketones is 1. The van der Waals surface area contributed by atoms with Gasteiger partial charge in [0.15, 0.2) is 12.1 Å². The van der Waals surface area contributed by atoms with E-state index in [1.54, 1.807) is 0 Å². The zero-order valence-electron chi connectivity index (χ0n) is 14.0. The van der Waals surface area contributed by atoms with Crippen LogP contribution in [-0.2, 0) is 26.1 Å². The fraction of sp³-hybridized carbons (Fsp3) is 0.765. The van der Waals surface area contributed by atoms with Crippen LogP contribution >= 0.6 is 0 Å². The second-order valence-electron chi connectivity index (χ2n) is 7.11. The number of hydrogen-bond donors (Lipinski definition) is 1. The van der Waals surface area contributed by atoms with Gasteiger partial charge in [-0.3, -0.25) is 4.79 Å². The van der Waals surface area contributed by atoms with E-state index in [0.29, 0.717) is 18.8 Å². The first-order valence-corrected chi connectivity index (χ1v) is 8.50. The molecule has 1 unspecified atom stereocenters. The smallest absolute Gasteiger partial charge is 0.157 e. The summed E-state index contributed by atoms with van der Waals surface area (Å²) in [5.74, 6) is 0.796. The lowest BCUT2D eigenvalue weighted by atomic mass is 9.90. The van der Waals surface area contributed by atoms with Gasteiger partial charge in [0.25, 0.3) is 0 Å². The molecule has 6 nitrogen and oxygen atoms in total. The summed E-state index contributed by atoms with van der Waals surface area (Å²) in [6.45, 7) is 6.34. The molecule has 3 heterocycles. The predicted molar refractivity (Wildman–Crippen MR) is 84.2 cm³/mol. The van der Waals surface area contributed by atoms with Crippen molar-refractivity contribution in [1.29, 1.82) is 0 Å². The predicted octanol–water partition coefficient (Wildman–Crippen LogP) is 1.97. The van der Waals surface area contributed by atoms with Crippen LogP contribution in [0.4, 0.5) is 0 Å². The molecule has 6 heteroatoms. The van der Waals surface area contributed by atoms with Gasteiger partial charge in [0, 0.05) is 18.1 Å². The first-order chi connectivity index (χ1) is 11.0. The molecule has 128 valence electrons. The van der Waals surface area contributed by atoms with Crippen LogP contribution in [0.3, 0.4) is 0 Å². The Morgan fingerprint density at radius 3 is 2.91 bits per heavy atom. The van der Waals surface area contributed by atoms with Crippen LogP contribution in [0.1, 0.15) is 51.0 Å². The van der Waals surface area contributed by atoms with E-state index >= 15 is 0 Å². The van der Waals surface area contributed by atoms with Gasteiger partial charge in [-0.15, -0.1) is 0 Å². The molecule has 23 heavy (non-hydrogen) atoms. The van der Waals surface area contributed by atoms with Gasteiger partial charge < -0.3 is 19.3 Å². The van der Waals surface area contributed by atoms with Crippen molar-refractivity contribution in [3.8, 4) is 0 Å². The molecule has 0 saturated carbocycles. The molecule has 2 atom stereocenters. The number of Topliss-reactive ketones (excluding diaryl/α,β-unsaturated/α-hetero) is 1. The topological polar surface area (TPSA) is 73.6 Å². The van der Waals surface area contributed by atoms with Crippen LogP contribution in [0.15, 0.2) is 10.6 Å². The maximum absolute atomic E-state index is 12.0. The van der Waals surface area contributed by atoms with Crippen molar-refractivity contribution < 1.29 is 18.8 Å². The lowest BCUT2D eigenvalue weighted by Crippen LogP contribution is -2.49. The van der Waals surface area contributed by atoms with Gasteiger partial charge in [0.2, 0.25) is 0 Å². The third kappa shape index (κ3) is 4.19. The first kappa shape index (κ1) is 16.6. The van der Waals surface area contributed by atoms with E-state index in [4.69, 9.17) is 14.0 Å². The Balaban J connectivity index is 1.53. The summed E-state index contributed by atoms with van der Waals surface area (Å²) in [6.07, 6.45) is 4.31. The normalized spacial score (nSPS) is 25.1. The molecule has 2 aliphatic rings. The van der Waals surface area contributed by atoms with Gasteiger partial charge in [-0.2, -0.15) is 0 Å². The van der Waals surface area contributed by atoms with Gasteiger partial charge in [0.05, 0.1) is 24.8 Å². The molecule has 1 aromatic rings. The minimum absolute atomic E-state index is 0.0108. The third-order valence-electron chi connectivity index (χ3n) is 4.58. The molecular weight excluding hydrogens is 296 g/mol. The van der Waals surface area contributed by atoms with E-state index in [-0.39, 0.29) is 23.5 Å². The zero-order chi connectivity index (χ0) is 16.3. The number of rotatable bonds is 7. The maximum Gasteiger partial charge on any atom is 0.157 e. The average molecular weight is 322 g/mol. The Bertz CT molecular complexity index is 530. The molecule has 1 aromatic heterocycles. The third-order valence-corrected chi connectivity index (χ3v) is 4.58. The van der Waals surface area contributed by atoms with Gasteiger partial charge in [-0.25, -0.2) is 0 Å². The Morgan fingerprint density at radius 2 is 2.26 bits per heavy atom. The molecule has 0 bridgehead atoms. The van der Waals surface area contributed by atoms with Crippen molar-refractivity contribution in [1.82, 2.24) is 10.5 Å². The molecular formula is C17H26N2O4. The number of hydrogen-bond acceptors (Lipinski definition) is 6. The second-order valence-corrected chi connectivity index (χ2v) is 7.11. The fourth-order valence-electron chi connectivity index (χ4n) is 2.79. The number of carbonyl (C=O) groups excluding carboxylic acids is 1. The van der Waals surface area contributed by atoms with E-state index in [0.717, 1.165) is 44.5 Å². The van der Waals surface area contributed by atoms with Crippen molar-refractivity contribution in [3.05, 3.63) is 17.5 Å². The number of carbonyl (C=O) groups is 1. The van der Waals surface area contributed by atoms with Crippen LogP contribution in [0.25, 0.3) is 0 Å². The molecule has 0 aliphatic carbocycles. The highest BCUT2D eigenvalue weighted by molar-refractivity contribution is 5.86. The van der Waals surface area contributed by atoms with Crippen molar-refractivity contribution in [2.75, 3.05) is 19.8 Å². The summed E-state index contributed by atoms with van der Waals surface area (Å²) in [5, 5.41) is 7.25. The lowest BCUT2D eigenvalue weighted by molar-refractivity contribution is -0.170. The molecule has 0 spiro atoms. The Hall–Kier alpha value is -1.24. The van der Waals surface area contributed by atoms with Crippen molar-refractivity contribution in [2.45, 2.75) is 63.7 Å². The van der Waals surface area contributed by atoms with Gasteiger partial charge in [-0.1, -0.05) is 19.0 Å². The summed E-state index contributed by atoms with van der Waals surface area (Å²) in [5.41, 5.74) is 0.540. The van der Waals surface area contributed by atoms with Crippen molar-refractivity contribution in [2.24, 2.45) is 0 Å². The van der Waals surface area contributed by atoms with Crippen LogP contribution < -0.4 is 5.32 Å².